The highest BCUT2D eigenvalue weighted by atomic mass is 32.2. The summed E-state index contributed by atoms with van der Waals surface area (Å²) in [7, 11) is -4.91. The second kappa shape index (κ2) is 9.09. The molecule has 0 aliphatic heterocycles. The Labute approximate surface area is 206 Å². The standard InChI is InChI=1S/C22H14F4N8O2S/c1-11-8-34(10-30-11)22-27-7-16-19(32-22)21(29-9-28-16)31-18-12(23)5-6-15(17(18)26)33-37(35,36)20-13(24)3-2-4-14(20)25/h2-10,33H,1H3,(H,28,29,31). The summed E-state index contributed by atoms with van der Waals surface area (Å²) in [6.45, 7) is 1.76. The van der Waals surface area contributed by atoms with Gasteiger partial charge in [0.25, 0.3) is 10.0 Å². The second-order valence-corrected chi connectivity index (χ2v) is 9.23. The highest BCUT2D eigenvalue weighted by Gasteiger charge is 2.26. The summed E-state index contributed by atoms with van der Waals surface area (Å²) in [4.78, 5) is 19.3. The minimum absolute atomic E-state index is 0.0945. The van der Waals surface area contributed by atoms with Crippen LogP contribution in [0.3, 0.4) is 0 Å². The maximum Gasteiger partial charge on any atom is 0.267 e. The lowest BCUT2D eigenvalue weighted by molar-refractivity contribution is 0.520. The van der Waals surface area contributed by atoms with E-state index in [0.717, 1.165) is 36.7 Å². The highest BCUT2D eigenvalue weighted by Crippen LogP contribution is 2.32. The van der Waals surface area contributed by atoms with Crippen molar-refractivity contribution >= 4 is 38.2 Å². The van der Waals surface area contributed by atoms with Gasteiger partial charge in [-0.05, 0) is 31.2 Å². The van der Waals surface area contributed by atoms with Crippen LogP contribution in [0.1, 0.15) is 5.69 Å². The zero-order valence-electron chi connectivity index (χ0n) is 18.6. The van der Waals surface area contributed by atoms with Gasteiger partial charge in [-0.3, -0.25) is 9.29 Å². The molecule has 0 radical (unpaired) electrons. The molecule has 5 aromatic rings. The normalized spacial score (nSPS) is 11.6. The van der Waals surface area contributed by atoms with Gasteiger partial charge >= 0.3 is 0 Å². The predicted molar refractivity (Wildman–Crippen MR) is 124 cm³/mol. The quantitative estimate of drug-likeness (QED) is 0.315. The third-order valence-electron chi connectivity index (χ3n) is 5.07. The number of nitrogens with zero attached hydrogens (tertiary/aromatic N) is 6. The molecule has 5 rings (SSSR count). The van der Waals surface area contributed by atoms with Gasteiger partial charge in [-0.1, -0.05) is 6.07 Å². The molecule has 0 bridgehead atoms. The lowest BCUT2D eigenvalue weighted by Crippen LogP contribution is -2.18. The van der Waals surface area contributed by atoms with Crippen molar-refractivity contribution in [1.82, 2.24) is 29.5 Å². The lowest BCUT2D eigenvalue weighted by atomic mass is 10.2. The molecule has 0 unspecified atom stereocenters. The third kappa shape index (κ3) is 4.51. The first-order chi connectivity index (χ1) is 17.6. The highest BCUT2D eigenvalue weighted by molar-refractivity contribution is 7.92. The number of aryl methyl sites for hydroxylation is 1. The van der Waals surface area contributed by atoms with E-state index in [1.54, 1.807) is 17.8 Å². The van der Waals surface area contributed by atoms with Crippen molar-refractivity contribution in [2.45, 2.75) is 11.8 Å². The van der Waals surface area contributed by atoms with Crippen LogP contribution in [0.25, 0.3) is 17.0 Å². The van der Waals surface area contributed by atoms with Crippen molar-refractivity contribution in [3.63, 3.8) is 0 Å². The Morgan fingerprint density at radius 3 is 2.38 bits per heavy atom. The van der Waals surface area contributed by atoms with Crippen molar-refractivity contribution in [3.8, 4) is 5.95 Å². The van der Waals surface area contributed by atoms with Crippen molar-refractivity contribution in [2.24, 2.45) is 0 Å². The summed E-state index contributed by atoms with van der Waals surface area (Å²) in [6, 6.07) is 3.96. The molecule has 0 saturated heterocycles. The zero-order valence-corrected chi connectivity index (χ0v) is 19.4. The van der Waals surface area contributed by atoms with Crippen LogP contribution >= 0.6 is 0 Å². The first-order valence-electron chi connectivity index (χ1n) is 10.3. The maximum atomic E-state index is 15.3. The van der Waals surface area contributed by atoms with E-state index in [0.29, 0.717) is 5.69 Å². The average Bonchev–Trinajstić information content (AvgIpc) is 3.29. The fraction of sp³-hybridized carbons (Fsp3) is 0.0455. The molecule has 10 nitrogen and oxygen atoms in total. The van der Waals surface area contributed by atoms with Crippen molar-refractivity contribution in [3.05, 3.63) is 84.3 Å². The van der Waals surface area contributed by atoms with Crippen LogP contribution in [0.15, 0.2) is 60.3 Å². The molecular formula is C22H14F4N8O2S. The predicted octanol–water partition coefficient (Wildman–Crippen LogP) is 4.01. The molecule has 0 fully saturated rings. The van der Waals surface area contributed by atoms with Crippen LogP contribution in [0.5, 0.6) is 0 Å². The first-order valence-corrected chi connectivity index (χ1v) is 11.8. The van der Waals surface area contributed by atoms with Gasteiger partial charge in [0.05, 0.1) is 17.6 Å². The molecular weight excluding hydrogens is 516 g/mol. The van der Waals surface area contributed by atoms with Gasteiger partial charge < -0.3 is 5.32 Å². The summed E-state index contributed by atoms with van der Waals surface area (Å²) in [5, 5.41) is 2.46. The van der Waals surface area contributed by atoms with E-state index in [-0.39, 0.29) is 22.8 Å². The molecule has 0 saturated carbocycles. The number of fused-ring (bicyclic) bond motifs is 1. The van der Waals surface area contributed by atoms with E-state index in [2.05, 4.69) is 30.2 Å². The summed E-state index contributed by atoms with van der Waals surface area (Å²) in [6.07, 6.45) is 5.62. The van der Waals surface area contributed by atoms with Crippen molar-refractivity contribution < 1.29 is 26.0 Å². The molecule has 0 spiro atoms. The van der Waals surface area contributed by atoms with E-state index in [1.165, 1.54) is 17.1 Å². The van der Waals surface area contributed by atoms with Crippen LogP contribution in [0.2, 0.25) is 0 Å². The number of halogens is 4. The van der Waals surface area contributed by atoms with Gasteiger partial charge in [0.2, 0.25) is 5.95 Å². The van der Waals surface area contributed by atoms with E-state index in [4.69, 9.17) is 0 Å². The Hall–Kier alpha value is -4.66. The summed E-state index contributed by atoms with van der Waals surface area (Å²) in [5.41, 5.74) is -0.533. The van der Waals surface area contributed by atoms with E-state index in [9.17, 15) is 21.6 Å². The van der Waals surface area contributed by atoms with Crippen molar-refractivity contribution in [1.29, 1.82) is 0 Å². The molecule has 37 heavy (non-hydrogen) atoms. The summed E-state index contributed by atoms with van der Waals surface area (Å²) < 4.78 is 86.5. The van der Waals surface area contributed by atoms with E-state index in [1.807, 2.05) is 0 Å². The van der Waals surface area contributed by atoms with Crippen LogP contribution in [-0.4, -0.2) is 37.9 Å². The van der Waals surface area contributed by atoms with Crippen LogP contribution in [0, 0.1) is 30.2 Å². The van der Waals surface area contributed by atoms with Gasteiger partial charge in [0.15, 0.2) is 16.5 Å². The fourth-order valence-electron chi connectivity index (χ4n) is 3.39. The number of rotatable bonds is 6. The average molecular weight is 530 g/mol. The van der Waals surface area contributed by atoms with Gasteiger partial charge in [-0.25, -0.2) is 50.9 Å². The van der Waals surface area contributed by atoms with Crippen LogP contribution in [-0.2, 0) is 10.0 Å². The summed E-state index contributed by atoms with van der Waals surface area (Å²) >= 11 is 0. The molecule has 2 N–H and O–H groups in total. The first kappa shape index (κ1) is 24.1. The number of sulfonamides is 1. The summed E-state index contributed by atoms with van der Waals surface area (Å²) in [5.74, 6) is -5.21. The van der Waals surface area contributed by atoms with E-state index >= 15 is 4.39 Å². The minimum atomic E-state index is -4.91. The molecule has 0 aliphatic rings. The Kier molecular flexibility index (Phi) is 5.91. The van der Waals surface area contributed by atoms with Gasteiger partial charge in [-0.15, -0.1) is 0 Å². The topological polar surface area (TPSA) is 128 Å². The zero-order chi connectivity index (χ0) is 26.3. The van der Waals surface area contributed by atoms with Crippen molar-refractivity contribution in [2.75, 3.05) is 10.0 Å². The number of hydrogen-bond acceptors (Lipinski definition) is 8. The molecule has 3 heterocycles. The molecule has 0 amide bonds. The van der Waals surface area contributed by atoms with Crippen LogP contribution in [0.4, 0.5) is 34.8 Å². The Bertz CT molecular complexity index is 1760. The number of hydrogen-bond donors (Lipinski definition) is 2. The van der Waals surface area contributed by atoms with E-state index < -0.39 is 49.6 Å². The minimum Gasteiger partial charge on any atom is -0.333 e. The molecule has 2 aromatic carbocycles. The number of imidazole rings is 1. The molecule has 3 aromatic heterocycles. The Morgan fingerprint density at radius 1 is 0.919 bits per heavy atom. The van der Waals surface area contributed by atoms with Crippen LogP contribution < -0.4 is 10.0 Å². The SMILES string of the molecule is Cc1cn(-c2ncc3ncnc(Nc4c(F)ccc(NS(=O)(=O)c5c(F)cccc5F)c4F)c3n2)cn1. The maximum absolute atomic E-state index is 15.3. The Morgan fingerprint density at radius 2 is 1.68 bits per heavy atom. The monoisotopic (exact) mass is 530 g/mol. The molecule has 15 heteroatoms. The largest absolute Gasteiger partial charge is 0.333 e. The lowest BCUT2D eigenvalue weighted by Gasteiger charge is -2.14. The van der Waals surface area contributed by atoms with Gasteiger partial charge in [-0.2, -0.15) is 0 Å². The fourth-order valence-corrected chi connectivity index (χ4v) is 4.59. The third-order valence-corrected chi connectivity index (χ3v) is 6.49. The van der Waals surface area contributed by atoms with Gasteiger partial charge in [0.1, 0.15) is 46.8 Å². The molecule has 188 valence electrons. The van der Waals surface area contributed by atoms with Gasteiger partial charge in [0, 0.05) is 6.20 Å². The number of anilines is 3. The number of aromatic nitrogens is 6. The number of benzene rings is 2. The smallest absolute Gasteiger partial charge is 0.267 e. The molecule has 0 aliphatic carbocycles. The Balaban J connectivity index is 1.54. The number of nitrogens with one attached hydrogen (secondary N) is 2. The molecule has 0 atom stereocenters. The second-order valence-electron chi connectivity index (χ2n) is 7.61.